The first-order chi connectivity index (χ1) is 12.2. The number of aromatic amines is 1. The Bertz CT molecular complexity index is 735. The van der Waals surface area contributed by atoms with Gasteiger partial charge in [0.1, 0.15) is 5.69 Å². The van der Waals surface area contributed by atoms with Gasteiger partial charge in [0.15, 0.2) is 6.10 Å². The molecule has 3 N–H and O–H groups in total. The summed E-state index contributed by atoms with van der Waals surface area (Å²) < 4.78 is 10.1. The number of amides is 3. The summed E-state index contributed by atoms with van der Waals surface area (Å²) in [5.74, 6) is -2.07. The molecule has 26 heavy (non-hydrogen) atoms. The molecule has 1 aliphatic carbocycles. The molecule has 0 spiro atoms. The fourth-order valence-corrected chi connectivity index (χ4v) is 2.40. The second kappa shape index (κ2) is 8.03. The molecule has 0 aromatic carbocycles. The van der Waals surface area contributed by atoms with Crippen LogP contribution in [0.15, 0.2) is 0 Å². The molecule has 2 rings (SSSR count). The third kappa shape index (κ3) is 4.62. The van der Waals surface area contributed by atoms with Crippen molar-refractivity contribution in [2.75, 3.05) is 6.61 Å². The molecule has 1 aromatic rings. The van der Waals surface area contributed by atoms with Crippen LogP contribution in [0.3, 0.4) is 0 Å². The monoisotopic (exact) mass is 365 g/mol. The molecular weight excluding hydrogens is 342 g/mol. The molecule has 9 nitrogen and oxygen atoms in total. The molecule has 1 saturated carbocycles. The van der Waals surface area contributed by atoms with E-state index in [1.54, 1.807) is 20.8 Å². The molecule has 1 fully saturated rings. The Balaban J connectivity index is 2.00. The van der Waals surface area contributed by atoms with Crippen LogP contribution in [0.2, 0.25) is 0 Å². The van der Waals surface area contributed by atoms with E-state index in [-0.39, 0.29) is 23.9 Å². The number of esters is 2. The number of rotatable bonds is 6. The van der Waals surface area contributed by atoms with Crippen LogP contribution < -0.4 is 10.6 Å². The molecule has 1 aromatic heterocycles. The first-order valence-electron chi connectivity index (χ1n) is 8.43. The van der Waals surface area contributed by atoms with Crippen molar-refractivity contribution in [3.05, 3.63) is 22.5 Å². The van der Waals surface area contributed by atoms with Crippen LogP contribution in [0.25, 0.3) is 0 Å². The van der Waals surface area contributed by atoms with Crippen LogP contribution in [-0.4, -0.2) is 47.6 Å². The van der Waals surface area contributed by atoms with Crippen LogP contribution in [0.4, 0.5) is 4.79 Å². The number of hydrogen-bond acceptors (Lipinski definition) is 6. The number of aromatic nitrogens is 1. The highest BCUT2D eigenvalue weighted by molar-refractivity contribution is 6.01. The number of H-pyrrole nitrogens is 1. The summed E-state index contributed by atoms with van der Waals surface area (Å²) in [5, 5.41) is 4.73. The molecular formula is C17H23N3O6. The average molecular weight is 365 g/mol. The van der Waals surface area contributed by atoms with Crippen LogP contribution in [0.5, 0.6) is 0 Å². The van der Waals surface area contributed by atoms with Gasteiger partial charge in [-0.15, -0.1) is 0 Å². The van der Waals surface area contributed by atoms with Crippen molar-refractivity contribution in [1.29, 1.82) is 0 Å². The van der Waals surface area contributed by atoms with E-state index in [0.29, 0.717) is 11.3 Å². The van der Waals surface area contributed by atoms with Crippen molar-refractivity contribution >= 4 is 23.9 Å². The molecule has 1 aliphatic rings. The third-order valence-electron chi connectivity index (χ3n) is 3.92. The van der Waals surface area contributed by atoms with E-state index in [2.05, 4.69) is 15.6 Å². The molecule has 1 atom stereocenters. The van der Waals surface area contributed by atoms with E-state index < -0.39 is 30.0 Å². The van der Waals surface area contributed by atoms with Crippen LogP contribution >= 0.6 is 0 Å². The molecule has 0 aliphatic heterocycles. The summed E-state index contributed by atoms with van der Waals surface area (Å²) in [4.78, 5) is 50.6. The lowest BCUT2D eigenvalue weighted by molar-refractivity contribution is -0.127. The Morgan fingerprint density at radius 3 is 2.42 bits per heavy atom. The fraction of sp³-hybridized carbons (Fsp3) is 0.529. The average Bonchev–Trinajstić information content (AvgIpc) is 3.30. The molecule has 9 heteroatoms. The zero-order valence-corrected chi connectivity index (χ0v) is 15.2. The number of urea groups is 1. The minimum absolute atomic E-state index is 0.104. The smallest absolute Gasteiger partial charge is 0.355 e. The quantitative estimate of drug-likeness (QED) is 0.653. The van der Waals surface area contributed by atoms with Gasteiger partial charge in [0.05, 0.1) is 12.2 Å². The number of ether oxygens (including phenoxy) is 2. The van der Waals surface area contributed by atoms with Crippen LogP contribution in [0.1, 0.15) is 58.8 Å². The second-order valence-electron chi connectivity index (χ2n) is 6.13. The van der Waals surface area contributed by atoms with E-state index in [1.165, 1.54) is 6.92 Å². The Kier molecular flexibility index (Phi) is 6.01. The normalized spacial score (nSPS) is 14.3. The van der Waals surface area contributed by atoms with E-state index in [9.17, 15) is 19.2 Å². The van der Waals surface area contributed by atoms with Crippen molar-refractivity contribution in [2.24, 2.45) is 0 Å². The fourth-order valence-electron chi connectivity index (χ4n) is 2.40. The van der Waals surface area contributed by atoms with E-state index in [1.807, 2.05) is 0 Å². The molecule has 142 valence electrons. The number of carbonyl (C=O) groups excluding carboxylic acids is 4. The zero-order valence-electron chi connectivity index (χ0n) is 15.2. The highest BCUT2D eigenvalue weighted by atomic mass is 16.5. The lowest BCUT2D eigenvalue weighted by atomic mass is 10.1. The number of hydrogen-bond donors (Lipinski definition) is 3. The number of carbonyl (C=O) groups is 4. The molecule has 1 heterocycles. The Morgan fingerprint density at radius 1 is 1.19 bits per heavy atom. The highest BCUT2D eigenvalue weighted by Crippen LogP contribution is 2.20. The predicted octanol–water partition coefficient (Wildman–Crippen LogP) is 1.34. The number of aryl methyl sites for hydroxylation is 1. The minimum atomic E-state index is -1.17. The van der Waals surface area contributed by atoms with Crippen molar-refractivity contribution < 1.29 is 28.7 Å². The predicted molar refractivity (Wildman–Crippen MR) is 90.8 cm³/mol. The van der Waals surface area contributed by atoms with Gasteiger partial charge in [-0.3, -0.25) is 10.1 Å². The largest absolute Gasteiger partial charge is 0.461 e. The Morgan fingerprint density at radius 2 is 1.85 bits per heavy atom. The van der Waals surface area contributed by atoms with E-state index in [4.69, 9.17) is 9.47 Å². The maximum absolute atomic E-state index is 12.4. The minimum Gasteiger partial charge on any atom is -0.461 e. The highest BCUT2D eigenvalue weighted by Gasteiger charge is 2.28. The SMILES string of the molecule is CCOC(=O)c1[nH]c(C)c(C(=O)OC(C)C(=O)NC(=O)NC2CC2)c1C. The van der Waals surface area contributed by atoms with Gasteiger partial charge in [0.2, 0.25) is 0 Å². The molecule has 3 amide bonds. The van der Waals surface area contributed by atoms with Crippen molar-refractivity contribution in [2.45, 2.75) is 52.7 Å². The summed E-state index contributed by atoms with van der Waals surface area (Å²) >= 11 is 0. The van der Waals surface area contributed by atoms with Crippen molar-refractivity contribution in [3.8, 4) is 0 Å². The van der Waals surface area contributed by atoms with E-state index >= 15 is 0 Å². The van der Waals surface area contributed by atoms with Gasteiger partial charge in [-0.1, -0.05) is 0 Å². The summed E-state index contributed by atoms with van der Waals surface area (Å²) in [7, 11) is 0. The first-order valence-corrected chi connectivity index (χ1v) is 8.43. The summed E-state index contributed by atoms with van der Waals surface area (Å²) in [6, 6.07) is -0.508. The van der Waals surface area contributed by atoms with Crippen molar-refractivity contribution in [3.63, 3.8) is 0 Å². The van der Waals surface area contributed by atoms with Gasteiger partial charge in [-0.05, 0) is 46.1 Å². The topological polar surface area (TPSA) is 127 Å². The third-order valence-corrected chi connectivity index (χ3v) is 3.92. The maximum atomic E-state index is 12.4. The van der Waals surface area contributed by atoms with Crippen LogP contribution in [0, 0.1) is 13.8 Å². The summed E-state index contributed by atoms with van der Waals surface area (Å²) in [6.07, 6.45) is 0.606. The van der Waals surface area contributed by atoms with Crippen molar-refractivity contribution in [1.82, 2.24) is 15.6 Å². The first kappa shape index (κ1) is 19.5. The molecule has 0 radical (unpaired) electrons. The standard InChI is InChI=1S/C17H23N3O6/c1-5-25-16(23)13-8(2)12(9(3)18-13)15(22)26-10(4)14(21)20-17(24)19-11-6-7-11/h10-11,18H,5-7H2,1-4H3,(H2,19,20,21,24). The number of nitrogens with one attached hydrogen (secondary N) is 3. The zero-order chi connectivity index (χ0) is 19.4. The number of imide groups is 1. The Labute approximate surface area is 150 Å². The van der Waals surface area contributed by atoms with Gasteiger partial charge >= 0.3 is 18.0 Å². The molecule has 1 unspecified atom stereocenters. The van der Waals surface area contributed by atoms with Gasteiger partial charge < -0.3 is 19.8 Å². The van der Waals surface area contributed by atoms with Crippen LogP contribution in [-0.2, 0) is 14.3 Å². The van der Waals surface area contributed by atoms with Gasteiger partial charge in [0.25, 0.3) is 5.91 Å². The van der Waals surface area contributed by atoms with Gasteiger partial charge in [-0.25, -0.2) is 14.4 Å². The Hall–Kier alpha value is -2.84. The van der Waals surface area contributed by atoms with E-state index in [0.717, 1.165) is 12.8 Å². The second-order valence-corrected chi connectivity index (χ2v) is 6.13. The van der Waals surface area contributed by atoms with Gasteiger partial charge in [0, 0.05) is 11.7 Å². The lowest BCUT2D eigenvalue weighted by Crippen LogP contribution is -2.45. The summed E-state index contributed by atoms with van der Waals surface area (Å²) in [6.45, 7) is 6.44. The molecule has 0 bridgehead atoms. The lowest BCUT2D eigenvalue weighted by Gasteiger charge is -2.13. The maximum Gasteiger partial charge on any atom is 0.355 e. The summed E-state index contributed by atoms with van der Waals surface area (Å²) in [5.41, 5.74) is 1.13. The molecule has 0 saturated heterocycles. The van der Waals surface area contributed by atoms with Gasteiger partial charge in [-0.2, -0.15) is 0 Å².